The maximum Gasteiger partial charge on any atom is 0.189 e. The molecule has 1 N–H and O–H groups in total. The molecule has 0 aromatic heterocycles. The summed E-state index contributed by atoms with van der Waals surface area (Å²) in [6, 6.07) is -0.579. The van der Waals surface area contributed by atoms with Crippen LogP contribution in [0.5, 0.6) is 0 Å². The Labute approximate surface area is 111 Å². The average molecular weight is 424 g/mol. The second kappa shape index (κ2) is 4.30. The summed E-state index contributed by atoms with van der Waals surface area (Å²) in [5, 5.41) is 9.65. The van der Waals surface area contributed by atoms with Crippen molar-refractivity contribution in [3.8, 4) is 0 Å². The second-order valence-electron chi connectivity index (χ2n) is 3.25. The van der Waals surface area contributed by atoms with Gasteiger partial charge in [-0.25, -0.2) is 0 Å². The summed E-state index contributed by atoms with van der Waals surface area (Å²) >= 11 is 3.47. The minimum absolute atomic E-state index is 0.173. The van der Waals surface area contributed by atoms with Crippen LogP contribution in [0.15, 0.2) is 0 Å². The Hall–Kier alpha value is 1.32. The molecular formula is C6H7BI2O5. The number of rotatable bonds is 3. The van der Waals surface area contributed by atoms with Crippen LogP contribution in [-0.4, -0.2) is 49.7 Å². The lowest BCUT2D eigenvalue weighted by atomic mass is 9.92. The zero-order valence-electron chi connectivity index (χ0n) is 6.93. The second-order valence-corrected chi connectivity index (χ2v) is 4.38. The molecular weight excluding hydrogens is 417 g/mol. The number of hydrogen-bond acceptors (Lipinski definition) is 5. The maximum absolute atomic E-state index is 9.65. The van der Waals surface area contributed by atoms with Crippen molar-refractivity contribution in [1.82, 2.24) is 0 Å². The van der Waals surface area contributed by atoms with Gasteiger partial charge in [0.2, 0.25) is 0 Å². The first kappa shape index (κ1) is 11.8. The van der Waals surface area contributed by atoms with Crippen molar-refractivity contribution in [3.05, 3.63) is 0 Å². The Balaban J connectivity index is 2.25. The van der Waals surface area contributed by atoms with E-state index in [0.717, 1.165) is 0 Å². The van der Waals surface area contributed by atoms with Crippen LogP contribution in [0.25, 0.3) is 0 Å². The van der Waals surface area contributed by atoms with E-state index in [-0.39, 0.29) is 6.61 Å². The molecule has 5 nitrogen and oxygen atoms in total. The fraction of sp³-hybridized carbons (Fsp3) is 1.00. The fourth-order valence-corrected chi connectivity index (χ4v) is 3.05. The molecule has 5 atom stereocenters. The highest BCUT2D eigenvalue weighted by molar-refractivity contribution is 14.1. The highest BCUT2D eigenvalue weighted by Crippen LogP contribution is 2.45. The zero-order chi connectivity index (χ0) is 10.3. The molecule has 2 aliphatic rings. The van der Waals surface area contributed by atoms with Gasteiger partial charge in [0.1, 0.15) is 66.1 Å². The highest BCUT2D eigenvalue weighted by atomic mass is 127. The molecule has 5 unspecified atom stereocenters. The van der Waals surface area contributed by atoms with Crippen LogP contribution in [0.2, 0.25) is 0 Å². The summed E-state index contributed by atoms with van der Waals surface area (Å²) in [6.45, 7) is 0.173. The van der Waals surface area contributed by atoms with Crippen molar-refractivity contribution in [2.75, 3.05) is 6.61 Å². The van der Waals surface area contributed by atoms with Gasteiger partial charge in [-0.2, -0.15) is 0 Å². The number of hydrogen-bond donors (Lipinski definition) is 1. The van der Waals surface area contributed by atoms with Crippen molar-refractivity contribution in [1.29, 1.82) is 0 Å². The maximum atomic E-state index is 9.65. The first-order valence-corrected chi connectivity index (χ1v) is 5.69. The molecule has 14 heavy (non-hydrogen) atoms. The lowest BCUT2D eigenvalue weighted by molar-refractivity contribution is -0.247. The van der Waals surface area contributed by atoms with Crippen LogP contribution in [0.1, 0.15) is 0 Å². The van der Waals surface area contributed by atoms with E-state index in [9.17, 15) is 5.11 Å². The molecule has 0 amide bonds. The lowest BCUT2D eigenvalue weighted by Gasteiger charge is -2.32. The normalized spacial score (nSPS) is 51.4. The van der Waals surface area contributed by atoms with Crippen LogP contribution in [0.3, 0.4) is 0 Å². The molecule has 0 saturated carbocycles. The van der Waals surface area contributed by atoms with E-state index in [4.69, 9.17) is 23.5 Å². The Morgan fingerprint density at radius 2 is 2.21 bits per heavy atom. The van der Waals surface area contributed by atoms with Gasteiger partial charge in [0.15, 0.2) is 11.9 Å². The Bertz CT molecular complexity index is 232. The van der Waals surface area contributed by atoms with E-state index in [1.807, 2.05) is 0 Å². The molecule has 0 aromatic rings. The average Bonchev–Trinajstić information content (AvgIpc) is 2.54. The Morgan fingerprint density at radius 3 is 2.79 bits per heavy atom. The van der Waals surface area contributed by atoms with Gasteiger partial charge in [-0.3, -0.25) is 0 Å². The molecule has 0 spiro atoms. The van der Waals surface area contributed by atoms with Crippen LogP contribution < -0.4 is 0 Å². The van der Waals surface area contributed by atoms with Gasteiger partial charge >= 0.3 is 0 Å². The number of fused-ring (bicyclic) bond motifs is 2. The quantitative estimate of drug-likeness (QED) is 0.514. The van der Waals surface area contributed by atoms with E-state index in [1.54, 1.807) is 46.0 Å². The van der Waals surface area contributed by atoms with Gasteiger partial charge in [-0.15, -0.1) is 0 Å². The zero-order valence-corrected chi connectivity index (χ0v) is 11.2. The summed E-state index contributed by atoms with van der Waals surface area (Å²) in [6.07, 6.45) is -1.89. The van der Waals surface area contributed by atoms with E-state index < -0.39 is 30.1 Å². The first-order chi connectivity index (χ1) is 6.65. The molecule has 2 saturated heterocycles. The summed E-state index contributed by atoms with van der Waals surface area (Å²) in [5.74, 6) is 0. The highest BCUT2D eigenvalue weighted by Gasteiger charge is 2.66. The SMILES string of the molecule is [B]C1OC2(COI)C(O)OC1C2OI. The van der Waals surface area contributed by atoms with Gasteiger partial charge in [0.25, 0.3) is 0 Å². The molecule has 2 rings (SSSR count). The third kappa shape index (κ3) is 1.53. The number of aliphatic hydroxyl groups excluding tert-OH is 1. The summed E-state index contributed by atoms with van der Waals surface area (Å²) in [5.41, 5.74) is -0.994. The Kier molecular flexibility index (Phi) is 3.62. The van der Waals surface area contributed by atoms with Crippen LogP contribution in [-0.2, 0) is 15.6 Å². The molecule has 78 valence electrons. The Morgan fingerprint density at radius 1 is 1.50 bits per heavy atom. The topological polar surface area (TPSA) is 57.2 Å². The third-order valence-corrected chi connectivity index (χ3v) is 3.40. The molecule has 0 aliphatic carbocycles. The minimum atomic E-state index is -1.05. The van der Waals surface area contributed by atoms with Crippen LogP contribution in [0.4, 0.5) is 0 Å². The first-order valence-electron chi connectivity index (χ1n) is 3.93. The van der Waals surface area contributed by atoms with E-state index in [1.165, 1.54) is 0 Å². The van der Waals surface area contributed by atoms with Crippen molar-refractivity contribution in [3.63, 3.8) is 0 Å². The monoisotopic (exact) mass is 424 g/mol. The molecule has 8 heteroatoms. The van der Waals surface area contributed by atoms with Crippen LogP contribution >= 0.6 is 46.0 Å². The number of halogens is 2. The molecule has 2 heterocycles. The summed E-state index contributed by atoms with van der Waals surface area (Å²) in [7, 11) is 5.66. The molecule has 2 fully saturated rings. The molecule has 2 aliphatic heterocycles. The standard InChI is InChI=1S/C6H7BI2O5/c7-4-2-3(14-9)6(13-4,1-11-8)5(10)12-2/h2-5,10H,1H2. The summed E-state index contributed by atoms with van der Waals surface area (Å²) in [4.78, 5) is 0. The van der Waals surface area contributed by atoms with Crippen molar-refractivity contribution >= 4 is 53.9 Å². The number of aliphatic hydroxyl groups is 1. The van der Waals surface area contributed by atoms with Crippen molar-refractivity contribution in [2.24, 2.45) is 0 Å². The minimum Gasteiger partial charge on any atom is -0.368 e. The van der Waals surface area contributed by atoms with Crippen molar-refractivity contribution < 1.29 is 20.7 Å². The molecule has 2 bridgehead atoms. The van der Waals surface area contributed by atoms with Gasteiger partial charge in [-0.05, 0) is 0 Å². The van der Waals surface area contributed by atoms with Gasteiger partial charge in [0, 0.05) is 6.00 Å². The van der Waals surface area contributed by atoms with Crippen molar-refractivity contribution in [2.45, 2.75) is 30.1 Å². The number of ether oxygens (including phenoxy) is 2. The fourth-order valence-electron chi connectivity index (χ4n) is 1.85. The van der Waals surface area contributed by atoms with Crippen LogP contribution in [0, 0.1) is 0 Å². The molecule has 0 aromatic carbocycles. The summed E-state index contributed by atoms with van der Waals surface area (Å²) < 4.78 is 20.8. The largest absolute Gasteiger partial charge is 0.368 e. The van der Waals surface area contributed by atoms with E-state index >= 15 is 0 Å². The predicted molar refractivity (Wildman–Crippen MR) is 63.1 cm³/mol. The van der Waals surface area contributed by atoms with Gasteiger partial charge < -0.3 is 20.7 Å². The van der Waals surface area contributed by atoms with E-state index in [2.05, 4.69) is 0 Å². The van der Waals surface area contributed by atoms with E-state index in [0.29, 0.717) is 0 Å². The predicted octanol–water partition coefficient (Wildman–Crippen LogP) is 0.0690. The molecule has 2 radical (unpaired) electrons. The smallest absolute Gasteiger partial charge is 0.189 e. The third-order valence-electron chi connectivity index (χ3n) is 2.54. The lowest BCUT2D eigenvalue weighted by Crippen LogP contribution is -2.51. The van der Waals surface area contributed by atoms with Gasteiger partial charge in [-0.1, -0.05) is 0 Å². The van der Waals surface area contributed by atoms with Gasteiger partial charge in [0.05, 0.1) is 6.61 Å².